The first-order chi connectivity index (χ1) is 11.1. The molecular weight excluding hydrogens is 288 g/mol. The topological polar surface area (TPSA) is 53.6 Å². The van der Waals surface area contributed by atoms with Gasteiger partial charge in [0.15, 0.2) is 0 Å². The number of phenolic OH excluding ortho intramolecular Hbond substituents is 2. The van der Waals surface area contributed by atoms with E-state index >= 15 is 0 Å². The first-order valence-electron chi connectivity index (χ1n) is 8.54. The van der Waals surface area contributed by atoms with Gasteiger partial charge in [-0.05, 0) is 61.1 Å². The van der Waals surface area contributed by atoms with Crippen LogP contribution in [0.4, 0.5) is 0 Å². The fourth-order valence-electron chi connectivity index (χ4n) is 3.06. The molecule has 0 amide bonds. The number of unbranched alkanes of at least 4 members (excludes halogenated alkanes) is 2. The van der Waals surface area contributed by atoms with Crippen LogP contribution in [0.15, 0.2) is 28.7 Å². The summed E-state index contributed by atoms with van der Waals surface area (Å²) < 4.78 is 5.98. The smallest absolute Gasteiger partial charge is 0.135 e. The Balaban J connectivity index is 2.10. The van der Waals surface area contributed by atoms with Crippen molar-refractivity contribution in [2.24, 2.45) is 0 Å². The summed E-state index contributed by atoms with van der Waals surface area (Å²) in [5.74, 6) is 0.617. The molecule has 0 spiro atoms. The molecule has 1 heterocycles. The molecule has 0 atom stereocenters. The van der Waals surface area contributed by atoms with E-state index in [1.807, 2.05) is 12.1 Å². The minimum absolute atomic E-state index is 0.309. The molecule has 0 saturated carbocycles. The van der Waals surface area contributed by atoms with Gasteiger partial charge >= 0.3 is 0 Å². The Bertz CT molecular complexity index is 762. The highest BCUT2D eigenvalue weighted by atomic mass is 16.3. The van der Waals surface area contributed by atoms with E-state index in [9.17, 15) is 10.2 Å². The van der Waals surface area contributed by atoms with Gasteiger partial charge in [-0.1, -0.05) is 26.7 Å². The van der Waals surface area contributed by atoms with E-state index in [2.05, 4.69) is 13.8 Å². The van der Waals surface area contributed by atoms with Gasteiger partial charge in [-0.2, -0.15) is 0 Å². The molecule has 0 aliphatic heterocycles. The van der Waals surface area contributed by atoms with Crippen molar-refractivity contribution in [1.82, 2.24) is 0 Å². The molecule has 2 aromatic carbocycles. The quantitative estimate of drug-likeness (QED) is 0.615. The zero-order valence-corrected chi connectivity index (χ0v) is 13.9. The molecule has 23 heavy (non-hydrogen) atoms. The van der Waals surface area contributed by atoms with Crippen LogP contribution in [0.25, 0.3) is 21.9 Å². The fraction of sp³-hybridized carbons (Fsp3) is 0.400. The van der Waals surface area contributed by atoms with Gasteiger partial charge in [-0.3, -0.25) is 0 Å². The second-order valence-corrected chi connectivity index (χ2v) is 6.26. The van der Waals surface area contributed by atoms with Crippen LogP contribution in [0, 0.1) is 0 Å². The highest BCUT2D eigenvalue weighted by molar-refractivity contribution is 6.06. The first kappa shape index (κ1) is 15.7. The zero-order valence-electron chi connectivity index (χ0n) is 13.9. The van der Waals surface area contributed by atoms with Crippen molar-refractivity contribution in [2.75, 3.05) is 0 Å². The van der Waals surface area contributed by atoms with Crippen molar-refractivity contribution in [1.29, 1.82) is 0 Å². The van der Waals surface area contributed by atoms with Gasteiger partial charge in [0.05, 0.1) is 0 Å². The largest absolute Gasteiger partial charge is 0.508 e. The molecule has 0 bridgehead atoms. The number of rotatable bonds is 6. The Kier molecular flexibility index (Phi) is 4.46. The van der Waals surface area contributed by atoms with Crippen LogP contribution in [0.1, 0.15) is 50.7 Å². The van der Waals surface area contributed by atoms with Gasteiger partial charge < -0.3 is 14.6 Å². The number of hydrogen-bond acceptors (Lipinski definition) is 3. The molecule has 2 N–H and O–H groups in total. The van der Waals surface area contributed by atoms with Crippen molar-refractivity contribution >= 4 is 21.9 Å². The van der Waals surface area contributed by atoms with Gasteiger partial charge in [0.1, 0.15) is 22.7 Å². The Morgan fingerprint density at radius 3 is 1.57 bits per heavy atom. The van der Waals surface area contributed by atoms with Crippen LogP contribution < -0.4 is 0 Å². The average Bonchev–Trinajstić information content (AvgIpc) is 2.87. The van der Waals surface area contributed by atoms with Crippen LogP contribution in [-0.2, 0) is 12.8 Å². The summed E-state index contributed by atoms with van der Waals surface area (Å²) in [7, 11) is 0. The molecule has 122 valence electrons. The SMILES string of the molecule is CCCCc1cc2oc3cc(CCCC)c(O)cc3c2cc1O. The molecule has 0 radical (unpaired) electrons. The third kappa shape index (κ3) is 3.00. The lowest BCUT2D eigenvalue weighted by atomic mass is 10.0. The van der Waals surface area contributed by atoms with Crippen molar-refractivity contribution in [3.05, 3.63) is 35.4 Å². The number of aryl methyl sites for hydroxylation is 2. The maximum absolute atomic E-state index is 10.2. The normalized spacial score (nSPS) is 11.6. The van der Waals surface area contributed by atoms with E-state index in [1.165, 1.54) is 0 Å². The summed E-state index contributed by atoms with van der Waals surface area (Å²) in [5, 5.41) is 22.2. The van der Waals surface area contributed by atoms with Gasteiger partial charge in [0, 0.05) is 10.8 Å². The van der Waals surface area contributed by atoms with E-state index in [0.29, 0.717) is 11.5 Å². The summed E-state index contributed by atoms with van der Waals surface area (Å²) in [4.78, 5) is 0. The maximum Gasteiger partial charge on any atom is 0.135 e. The fourth-order valence-corrected chi connectivity index (χ4v) is 3.06. The lowest BCUT2D eigenvalue weighted by Crippen LogP contribution is -1.86. The summed E-state index contributed by atoms with van der Waals surface area (Å²) in [6, 6.07) is 7.39. The third-order valence-electron chi connectivity index (χ3n) is 4.47. The van der Waals surface area contributed by atoms with E-state index in [0.717, 1.165) is 71.6 Å². The highest BCUT2D eigenvalue weighted by Crippen LogP contribution is 2.37. The van der Waals surface area contributed by atoms with Crippen molar-refractivity contribution in [2.45, 2.75) is 52.4 Å². The number of fused-ring (bicyclic) bond motifs is 3. The Morgan fingerprint density at radius 1 is 0.739 bits per heavy atom. The number of benzene rings is 2. The number of aromatic hydroxyl groups is 2. The molecular formula is C20H24O3. The van der Waals surface area contributed by atoms with E-state index in [-0.39, 0.29) is 0 Å². The second-order valence-electron chi connectivity index (χ2n) is 6.26. The molecule has 3 nitrogen and oxygen atoms in total. The van der Waals surface area contributed by atoms with Crippen LogP contribution in [0.3, 0.4) is 0 Å². The maximum atomic E-state index is 10.2. The predicted octanol–water partition coefficient (Wildman–Crippen LogP) is 5.68. The van der Waals surface area contributed by atoms with Crippen LogP contribution >= 0.6 is 0 Å². The first-order valence-corrected chi connectivity index (χ1v) is 8.54. The summed E-state index contributed by atoms with van der Waals surface area (Å²) in [6.07, 6.45) is 5.96. The predicted molar refractivity (Wildman–Crippen MR) is 94.3 cm³/mol. The van der Waals surface area contributed by atoms with Gasteiger partial charge in [0.25, 0.3) is 0 Å². The van der Waals surface area contributed by atoms with Crippen molar-refractivity contribution in [3.8, 4) is 11.5 Å². The van der Waals surface area contributed by atoms with Crippen LogP contribution in [-0.4, -0.2) is 10.2 Å². The lowest BCUT2D eigenvalue weighted by Gasteiger charge is -2.04. The van der Waals surface area contributed by atoms with Crippen molar-refractivity contribution < 1.29 is 14.6 Å². The third-order valence-corrected chi connectivity index (χ3v) is 4.47. The number of hydrogen-bond donors (Lipinski definition) is 2. The molecule has 0 aliphatic rings. The Hall–Kier alpha value is -2.16. The van der Waals surface area contributed by atoms with E-state index in [1.54, 1.807) is 12.1 Å². The molecule has 0 saturated heterocycles. The summed E-state index contributed by atoms with van der Waals surface area (Å²) in [5.41, 5.74) is 3.40. The number of phenols is 2. The minimum Gasteiger partial charge on any atom is -0.508 e. The Morgan fingerprint density at radius 2 is 1.17 bits per heavy atom. The molecule has 0 aliphatic carbocycles. The molecule has 3 heteroatoms. The summed E-state index contributed by atoms with van der Waals surface area (Å²) in [6.45, 7) is 4.27. The van der Waals surface area contributed by atoms with E-state index < -0.39 is 0 Å². The monoisotopic (exact) mass is 312 g/mol. The van der Waals surface area contributed by atoms with Crippen LogP contribution in [0.2, 0.25) is 0 Å². The highest BCUT2D eigenvalue weighted by Gasteiger charge is 2.14. The van der Waals surface area contributed by atoms with Crippen molar-refractivity contribution in [3.63, 3.8) is 0 Å². The molecule has 0 unspecified atom stereocenters. The minimum atomic E-state index is 0.309. The Labute approximate surface area is 136 Å². The second kappa shape index (κ2) is 6.53. The molecule has 3 rings (SSSR count). The van der Waals surface area contributed by atoms with E-state index in [4.69, 9.17) is 4.42 Å². The van der Waals surface area contributed by atoms with Gasteiger partial charge in [-0.15, -0.1) is 0 Å². The molecule has 1 aromatic heterocycles. The molecule has 3 aromatic rings. The van der Waals surface area contributed by atoms with Crippen LogP contribution in [0.5, 0.6) is 11.5 Å². The molecule has 0 fully saturated rings. The standard InChI is InChI=1S/C20H24O3/c1-3-5-7-13-9-19-15(11-17(13)21)16-12-18(22)14(8-6-4-2)10-20(16)23-19/h9-12,21-22H,3-8H2,1-2H3. The number of furan rings is 1. The zero-order chi connectivity index (χ0) is 16.4. The van der Waals surface area contributed by atoms with Gasteiger partial charge in [-0.25, -0.2) is 0 Å². The van der Waals surface area contributed by atoms with Gasteiger partial charge in [0.2, 0.25) is 0 Å². The summed E-state index contributed by atoms with van der Waals surface area (Å²) >= 11 is 0. The lowest BCUT2D eigenvalue weighted by molar-refractivity contribution is 0.467. The average molecular weight is 312 g/mol.